The number of fused-ring (bicyclic) bond motifs is 2. The van der Waals surface area contributed by atoms with Crippen LogP contribution in [0.15, 0.2) is 45.2 Å². The van der Waals surface area contributed by atoms with Crippen molar-refractivity contribution in [3.05, 3.63) is 47.0 Å². The van der Waals surface area contributed by atoms with Gasteiger partial charge in [0.2, 0.25) is 0 Å². The standard InChI is InChI=1S/C19H17ClN4O5/c20-12-2-3-13-16(10-12)29-18(22-13)24-19-23-14-9-11(1-4-15(14)28-19)17(26)21-5-7-27-8-6-25/h1-4,9-10,25H,5-8H2,(H,21,26)(H,22,23,24). The van der Waals surface area contributed by atoms with E-state index in [1.807, 2.05) is 0 Å². The first-order chi connectivity index (χ1) is 14.1. The van der Waals surface area contributed by atoms with Crippen LogP contribution in [0, 0.1) is 0 Å². The lowest BCUT2D eigenvalue weighted by atomic mass is 10.2. The minimum Gasteiger partial charge on any atom is -0.423 e. The van der Waals surface area contributed by atoms with Crippen LogP contribution in [0.1, 0.15) is 10.4 Å². The van der Waals surface area contributed by atoms with Crippen LogP contribution in [0.3, 0.4) is 0 Å². The smallest absolute Gasteiger partial charge is 0.303 e. The average Bonchev–Trinajstić information content (AvgIpc) is 3.29. The van der Waals surface area contributed by atoms with Crippen molar-refractivity contribution in [2.75, 3.05) is 31.7 Å². The number of halogens is 1. The van der Waals surface area contributed by atoms with E-state index < -0.39 is 0 Å². The van der Waals surface area contributed by atoms with Crippen molar-refractivity contribution >= 4 is 51.7 Å². The van der Waals surface area contributed by atoms with Crippen LogP contribution in [0.5, 0.6) is 0 Å². The zero-order chi connectivity index (χ0) is 20.2. The monoisotopic (exact) mass is 416 g/mol. The molecule has 2 aromatic carbocycles. The highest BCUT2D eigenvalue weighted by atomic mass is 35.5. The lowest BCUT2D eigenvalue weighted by Crippen LogP contribution is -2.27. The number of rotatable bonds is 8. The zero-order valence-corrected chi connectivity index (χ0v) is 15.9. The number of aromatic nitrogens is 2. The average molecular weight is 417 g/mol. The first kappa shape index (κ1) is 19.2. The Bertz CT molecular complexity index is 1160. The fraction of sp³-hybridized carbons (Fsp3) is 0.211. The molecule has 2 aromatic heterocycles. The van der Waals surface area contributed by atoms with Crippen LogP contribution in [-0.2, 0) is 4.74 Å². The normalized spacial score (nSPS) is 11.2. The predicted octanol–water partition coefficient (Wildman–Crippen LogP) is 3.10. The van der Waals surface area contributed by atoms with Crippen molar-refractivity contribution in [2.24, 2.45) is 0 Å². The molecule has 29 heavy (non-hydrogen) atoms. The number of carbonyl (C=O) groups excluding carboxylic acids is 1. The Morgan fingerprint density at radius 2 is 1.83 bits per heavy atom. The maximum Gasteiger partial charge on any atom is 0.303 e. The summed E-state index contributed by atoms with van der Waals surface area (Å²) in [6, 6.07) is 10.5. The summed E-state index contributed by atoms with van der Waals surface area (Å²) in [6.07, 6.45) is 0. The van der Waals surface area contributed by atoms with Gasteiger partial charge < -0.3 is 24.0 Å². The third-order valence-corrected chi connectivity index (χ3v) is 4.22. The SMILES string of the molecule is O=C(NCCOCCO)c1ccc2oc(Nc3nc4ccc(Cl)cc4o3)nc2c1. The number of hydrogen-bond donors (Lipinski definition) is 3. The van der Waals surface area contributed by atoms with E-state index in [9.17, 15) is 4.79 Å². The first-order valence-corrected chi connectivity index (χ1v) is 9.21. The molecule has 0 fully saturated rings. The van der Waals surface area contributed by atoms with Crippen LogP contribution >= 0.6 is 11.6 Å². The van der Waals surface area contributed by atoms with Gasteiger partial charge in [0.05, 0.1) is 19.8 Å². The van der Waals surface area contributed by atoms with Crippen LogP contribution in [0.25, 0.3) is 22.2 Å². The summed E-state index contributed by atoms with van der Waals surface area (Å²) in [5.41, 5.74) is 2.65. The van der Waals surface area contributed by atoms with Gasteiger partial charge in [-0.15, -0.1) is 0 Å². The van der Waals surface area contributed by atoms with Gasteiger partial charge in [-0.2, -0.15) is 9.97 Å². The summed E-state index contributed by atoms with van der Waals surface area (Å²) in [5.74, 6) is -0.257. The Kier molecular flexibility index (Phi) is 5.61. The van der Waals surface area contributed by atoms with Crippen molar-refractivity contribution in [1.29, 1.82) is 0 Å². The highest BCUT2D eigenvalue weighted by Gasteiger charge is 2.13. The molecule has 0 spiro atoms. The summed E-state index contributed by atoms with van der Waals surface area (Å²) in [5, 5.41) is 14.8. The number of amides is 1. The lowest BCUT2D eigenvalue weighted by Gasteiger charge is -2.05. The third-order valence-electron chi connectivity index (χ3n) is 3.98. The molecule has 4 rings (SSSR count). The minimum absolute atomic E-state index is 0.0512. The molecule has 150 valence electrons. The molecule has 0 radical (unpaired) electrons. The fourth-order valence-corrected chi connectivity index (χ4v) is 2.83. The van der Waals surface area contributed by atoms with E-state index in [4.69, 9.17) is 30.3 Å². The molecular formula is C19H17ClN4O5. The Hall–Kier alpha value is -3.14. The zero-order valence-electron chi connectivity index (χ0n) is 15.1. The molecule has 0 aliphatic heterocycles. The van der Waals surface area contributed by atoms with Gasteiger partial charge in [-0.05, 0) is 30.3 Å². The molecule has 10 heteroatoms. The number of nitrogens with one attached hydrogen (secondary N) is 2. The summed E-state index contributed by atoms with van der Waals surface area (Å²) in [4.78, 5) is 20.8. The van der Waals surface area contributed by atoms with E-state index in [-0.39, 0.29) is 31.2 Å². The Morgan fingerprint density at radius 1 is 1.03 bits per heavy atom. The van der Waals surface area contributed by atoms with Crippen molar-refractivity contribution in [3.8, 4) is 0 Å². The molecule has 3 N–H and O–H groups in total. The van der Waals surface area contributed by atoms with Crippen LogP contribution in [0.2, 0.25) is 5.02 Å². The molecule has 0 saturated carbocycles. The van der Waals surface area contributed by atoms with Crippen LogP contribution < -0.4 is 10.6 Å². The number of aliphatic hydroxyl groups is 1. The largest absolute Gasteiger partial charge is 0.423 e. The molecule has 0 aliphatic rings. The van der Waals surface area contributed by atoms with Gasteiger partial charge in [0, 0.05) is 23.2 Å². The second-order valence-electron chi connectivity index (χ2n) is 6.05. The van der Waals surface area contributed by atoms with Gasteiger partial charge in [-0.25, -0.2) is 0 Å². The number of aliphatic hydroxyl groups excluding tert-OH is 1. The number of carbonyl (C=O) groups is 1. The predicted molar refractivity (Wildman–Crippen MR) is 107 cm³/mol. The van der Waals surface area contributed by atoms with Gasteiger partial charge in [-0.1, -0.05) is 11.6 Å². The Morgan fingerprint density at radius 3 is 2.66 bits per heavy atom. The molecule has 0 unspecified atom stereocenters. The number of anilines is 2. The number of hydrogen-bond acceptors (Lipinski definition) is 8. The molecule has 2 heterocycles. The van der Waals surface area contributed by atoms with Gasteiger partial charge in [0.1, 0.15) is 11.0 Å². The van der Waals surface area contributed by atoms with Crippen molar-refractivity contribution in [3.63, 3.8) is 0 Å². The van der Waals surface area contributed by atoms with E-state index in [1.54, 1.807) is 36.4 Å². The Balaban J connectivity index is 1.45. The number of ether oxygens (including phenoxy) is 1. The lowest BCUT2D eigenvalue weighted by molar-refractivity contribution is 0.0838. The number of oxazole rings is 2. The van der Waals surface area contributed by atoms with E-state index in [2.05, 4.69) is 20.6 Å². The molecule has 0 atom stereocenters. The molecule has 4 aromatic rings. The van der Waals surface area contributed by atoms with E-state index >= 15 is 0 Å². The maximum absolute atomic E-state index is 12.2. The first-order valence-electron chi connectivity index (χ1n) is 8.83. The van der Waals surface area contributed by atoms with Crippen molar-refractivity contribution in [1.82, 2.24) is 15.3 Å². The van der Waals surface area contributed by atoms with Crippen molar-refractivity contribution in [2.45, 2.75) is 0 Å². The molecular weight excluding hydrogens is 400 g/mol. The molecule has 0 aliphatic carbocycles. The quantitative estimate of drug-likeness (QED) is 0.374. The second-order valence-corrected chi connectivity index (χ2v) is 6.49. The highest BCUT2D eigenvalue weighted by Crippen LogP contribution is 2.26. The second kappa shape index (κ2) is 8.48. The van der Waals surface area contributed by atoms with Crippen LogP contribution in [0.4, 0.5) is 12.0 Å². The van der Waals surface area contributed by atoms with Gasteiger partial charge >= 0.3 is 12.0 Å². The van der Waals surface area contributed by atoms with Gasteiger partial charge in [0.15, 0.2) is 11.2 Å². The molecule has 0 saturated heterocycles. The topological polar surface area (TPSA) is 123 Å². The van der Waals surface area contributed by atoms with E-state index in [1.165, 1.54) is 0 Å². The van der Waals surface area contributed by atoms with E-state index in [0.29, 0.717) is 45.9 Å². The summed E-state index contributed by atoms with van der Waals surface area (Å²) in [7, 11) is 0. The van der Waals surface area contributed by atoms with E-state index in [0.717, 1.165) is 0 Å². The highest BCUT2D eigenvalue weighted by molar-refractivity contribution is 6.31. The van der Waals surface area contributed by atoms with Gasteiger partial charge in [0.25, 0.3) is 5.91 Å². The molecule has 0 bridgehead atoms. The Labute approximate surface area is 169 Å². The maximum atomic E-state index is 12.2. The summed E-state index contributed by atoms with van der Waals surface area (Å²) >= 11 is 5.95. The van der Waals surface area contributed by atoms with Gasteiger partial charge in [-0.3, -0.25) is 10.1 Å². The summed E-state index contributed by atoms with van der Waals surface area (Å²) < 4.78 is 16.3. The third kappa shape index (κ3) is 4.48. The molecule has 1 amide bonds. The minimum atomic E-state index is -0.257. The van der Waals surface area contributed by atoms with Crippen molar-refractivity contribution < 1.29 is 23.5 Å². The summed E-state index contributed by atoms with van der Waals surface area (Å²) in [6.45, 7) is 0.848. The number of nitrogens with zero attached hydrogens (tertiary/aromatic N) is 2. The van der Waals surface area contributed by atoms with Crippen LogP contribution in [-0.4, -0.2) is 47.3 Å². The molecule has 9 nitrogen and oxygen atoms in total. The number of benzene rings is 2. The fourth-order valence-electron chi connectivity index (χ4n) is 2.67.